The van der Waals surface area contributed by atoms with Gasteiger partial charge >= 0.3 is 0 Å². The standard InChI is InChI=1S/C20H26N2O3/c1-21(9-4-12-23)17-7-10-22(11-8-17)20(25)18-13-15-5-2-3-6-16(15)14-19(18)24/h2-3,5-6,13-14,17,23-24H,4,7-12H2,1H3. The van der Waals surface area contributed by atoms with Crippen LogP contribution in [0.4, 0.5) is 0 Å². The number of fused-ring (bicyclic) bond motifs is 1. The monoisotopic (exact) mass is 342 g/mol. The highest BCUT2D eigenvalue weighted by Gasteiger charge is 2.27. The molecule has 0 unspecified atom stereocenters. The number of likely N-dealkylation sites (tertiary alicyclic amines) is 1. The van der Waals surface area contributed by atoms with E-state index >= 15 is 0 Å². The Morgan fingerprint density at radius 2 is 1.84 bits per heavy atom. The first-order valence-electron chi connectivity index (χ1n) is 8.92. The molecule has 1 aliphatic heterocycles. The number of piperidine rings is 1. The van der Waals surface area contributed by atoms with Crippen LogP contribution < -0.4 is 0 Å². The highest BCUT2D eigenvalue weighted by Crippen LogP contribution is 2.27. The first kappa shape index (κ1) is 17.7. The van der Waals surface area contributed by atoms with E-state index in [1.165, 1.54) is 0 Å². The fraction of sp³-hybridized carbons (Fsp3) is 0.450. The van der Waals surface area contributed by atoms with Crippen molar-refractivity contribution in [3.8, 4) is 5.75 Å². The first-order chi connectivity index (χ1) is 12.1. The zero-order valence-corrected chi connectivity index (χ0v) is 14.7. The number of phenols is 1. The number of amides is 1. The fourth-order valence-electron chi connectivity index (χ4n) is 3.58. The van der Waals surface area contributed by atoms with Crippen LogP contribution in [0.2, 0.25) is 0 Å². The lowest BCUT2D eigenvalue weighted by Crippen LogP contribution is -2.45. The van der Waals surface area contributed by atoms with Gasteiger partial charge < -0.3 is 20.0 Å². The SMILES string of the molecule is CN(CCCO)C1CCN(C(=O)c2cc3ccccc3cc2O)CC1. The van der Waals surface area contributed by atoms with Crippen LogP contribution in [0.15, 0.2) is 36.4 Å². The van der Waals surface area contributed by atoms with E-state index in [0.717, 1.165) is 36.6 Å². The van der Waals surface area contributed by atoms with Gasteiger partial charge in [0.2, 0.25) is 0 Å². The largest absolute Gasteiger partial charge is 0.507 e. The van der Waals surface area contributed by atoms with Crippen molar-refractivity contribution < 1.29 is 15.0 Å². The van der Waals surface area contributed by atoms with Gasteiger partial charge in [-0.05, 0) is 49.2 Å². The van der Waals surface area contributed by atoms with Gasteiger partial charge in [-0.1, -0.05) is 24.3 Å². The lowest BCUT2D eigenvalue weighted by Gasteiger charge is -2.36. The molecule has 5 heteroatoms. The molecule has 1 heterocycles. The molecule has 3 rings (SSSR count). The lowest BCUT2D eigenvalue weighted by molar-refractivity contribution is 0.0638. The third kappa shape index (κ3) is 3.94. The molecule has 0 aromatic heterocycles. The number of carbonyl (C=O) groups is 1. The smallest absolute Gasteiger partial charge is 0.257 e. The van der Waals surface area contributed by atoms with E-state index in [1.807, 2.05) is 29.2 Å². The van der Waals surface area contributed by atoms with Crippen molar-refractivity contribution in [3.63, 3.8) is 0 Å². The van der Waals surface area contributed by atoms with E-state index in [9.17, 15) is 9.90 Å². The normalized spacial score (nSPS) is 15.9. The highest BCUT2D eigenvalue weighted by molar-refractivity contribution is 6.01. The minimum absolute atomic E-state index is 0.0471. The second-order valence-electron chi connectivity index (χ2n) is 6.80. The summed E-state index contributed by atoms with van der Waals surface area (Å²) in [6.07, 6.45) is 2.62. The topological polar surface area (TPSA) is 64.0 Å². The van der Waals surface area contributed by atoms with Gasteiger partial charge in [-0.3, -0.25) is 4.79 Å². The van der Waals surface area contributed by atoms with Gasteiger partial charge in [0.05, 0.1) is 5.56 Å². The van der Waals surface area contributed by atoms with E-state index in [4.69, 9.17) is 5.11 Å². The second kappa shape index (κ2) is 7.85. The number of rotatable bonds is 5. The van der Waals surface area contributed by atoms with Crippen LogP contribution >= 0.6 is 0 Å². The number of aliphatic hydroxyl groups is 1. The molecular weight excluding hydrogens is 316 g/mol. The van der Waals surface area contributed by atoms with Gasteiger partial charge in [0, 0.05) is 32.3 Å². The molecule has 0 atom stereocenters. The van der Waals surface area contributed by atoms with Crippen molar-refractivity contribution in [1.82, 2.24) is 9.80 Å². The maximum absolute atomic E-state index is 12.8. The second-order valence-corrected chi connectivity index (χ2v) is 6.80. The summed E-state index contributed by atoms with van der Waals surface area (Å²) in [7, 11) is 2.08. The average Bonchev–Trinajstić information content (AvgIpc) is 2.65. The Balaban J connectivity index is 1.68. The highest BCUT2D eigenvalue weighted by atomic mass is 16.3. The van der Waals surface area contributed by atoms with Crippen LogP contribution in [0.5, 0.6) is 5.75 Å². The molecule has 0 saturated carbocycles. The number of phenolic OH excluding ortho intramolecular Hbond substituents is 1. The Bertz CT molecular complexity index is 739. The first-order valence-corrected chi connectivity index (χ1v) is 8.92. The zero-order valence-electron chi connectivity index (χ0n) is 14.7. The van der Waals surface area contributed by atoms with Crippen LogP contribution in [-0.4, -0.2) is 65.3 Å². The van der Waals surface area contributed by atoms with Gasteiger partial charge in [0.25, 0.3) is 5.91 Å². The summed E-state index contributed by atoms with van der Waals surface area (Å²) < 4.78 is 0. The number of benzene rings is 2. The fourth-order valence-corrected chi connectivity index (χ4v) is 3.58. The van der Waals surface area contributed by atoms with Crippen molar-refractivity contribution >= 4 is 16.7 Å². The van der Waals surface area contributed by atoms with E-state index in [1.54, 1.807) is 12.1 Å². The summed E-state index contributed by atoms with van der Waals surface area (Å²) in [5.74, 6) is -0.0504. The van der Waals surface area contributed by atoms with Gasteiger partial charge in [-0.25, -0.2) is 0 Å². The zero-order chi connectivity index (χ0) is 17.8. The van der Waals surface area contributed by atoms with Crippen LogP contribution in [0.1, 0.15) is 29.6 Å². The summed E-state index contributed by atoms with van der Waals surface area (Å²) in [5.41, 5.74) is 0.380. The molecule has 1 saturated heterocycles. The number of nitrogens with zero attached hydrogens (tertiary/aromatic N) is 2. The Kier molecular flexibility index (Phi) is 5.56. The molecule has 2 N–H and O–H groups in total. The van der Waals surface area contributed by atoms with Crippen LogP contribution in [-0.2, 0) is 0 Å². The molecule has 2 aromatic carbocycles. The van der Waals surface area contributed by atoms with Gasteiger partial charge in [0.15, 0.2) is 0 Å². The average molecular weight is 342 g/mol. The molecule has 0 spiro atoms. The van der Waals surface area contributed by atoms with E-state index < -0.39 is 0 Å². The molecule has 1 aliphatic rings. The minimum Gasteiger partial charge on any atom is -0.507 e. The Hall–Kier alpha value is -2.11. The van der Waals surface area contributed by atoms with Crippen molar-refractivity contribution in [2.24, 2.45) is 0 Å². The molecule has 0 radical (unpaired) electrons. The molecule has 2 aromatic rings. The van der Waals surface area contributed by atoms with Gasteiger partial charge in [-0.2, -0.15) is 0 Å². The number of hydrogen-bond acceptors (Lipinski definition) is 4. The maximum Gasteiger partial charge on any atom is 0.257 e. The van der Waals surface area contributed by atoms with E-state index in [-0.39, 0.29) is 18.3 Å². The van der Waals surface area contributed by atoms with Gasteiger partial charge in [-0.15, -0.1) is 0 Å². The molecule has 134 valence electrons. The molecular formula is C20H26N2O3. The van der Waals surface area contributed by atoms with Crippen molar-refractivity contribution in [1.29, 1.82) is 0 Å². The van der Waals surface area contributed by atoms with Gasteiger partial charge in [0.1, 0.15) is 5.75 Å². The van der Waals surface area contributed by atoms with Crippen molar-refractivity contribution in [3.05, 3.63) is 42.0 Å². The number of hydrogen-bond donors (Lipinski definition) is 2. The van der Waals surface area contributed by atoms with Crippen molar-refractivity contribution in [2.75, 3.05) is 33.3 Å². The molecule has 0 bridgehead atoms. The maximum atomic E-state index is 12.8. The van der Waals surface area contributed by atoms with E-state index in [0.29, 0.717) is 24.7 Å². The number of aliphatic hydroxyl groups excluding tert-OH is 1. The Morgan fingerprint density at radius 3 is 2.48 bits per heavy atom. The molecule has 1 amide bonds. The summed E-state index contributed by atoms with van der Waals surface area (Å²) in [6.45, 7) is 2.47. The lowest BCUT2D eigenvalue weighted by atomic mass is 10.0. The Labute approximate surface area is 148 Å². The number of carbonyl (C=O) groups excluding carboxylic acids is 1. The summed E-state index contributed by atoms with van der Waals surface area (Å²) in [5, 5.41) is 21.1. The van der Waals surface area contributed by atoms with Crippen LogP contribution in [0, 0.1) is 0 Å². The molecule has 25 heavy (non-hydrogen) atoms. The Morgan fingerprint density at radius 1 is 1.20 bits per heavy atom. The molecule has 5 nitrogen and oxygen atoms in total. The molecule has 0 aliphatic carbocycles. The van der Waals surface area contributed by atoms with Crippen LogP contribution in [0.3, 0.4) is 0 Å². The minimum atomic E-state index is -0.0975. The van der Waals surface area contributed by atoms with Crippen LogP contribution in [0.25, 0.3) is 10.8 Å². The predicted molar refractivity (Wildman–Crippen MR) is 98.9 cm³/mol. The summed E-state index contributed by atoms with van der Waals surface area (Å²) >= 11 is 0. The van der Waals surface area contributed by atoms with Crippen molar-refractivity contribution in [2.45, 2.75) is 25.3 Å². The predicted octanol–water partition coefficient (Wildman–Crippen LogP) is 2.46. The third-order valence-electron chi connectivity index (χ3n) is 5.14. The van der Waals surface area contributed by atoms with E-state index in [2.05, 4.69) is 11.9 Å². The summed E-state index contributed by atoms with van der Waals surface area (Å²) in [4.78, 5) is 16.9. The quantitative estimate of drug-likeness (QED) is 0.876. The summed E-state index contributed by atoms with van der Waals surface area (Å²) in [6, 6.07) is 11.6. The molecule has 1 fully saturated rings. The number of aromatic hydroxyl groups is 1. The third-order valence-corrected chi connectivity index (χ3v) is 5.14.